The minimum atomic E-state index is 0.296. The Hall–Kier alpha value is -2.55. The van der Waals surface area contributed by atoms with Crippen LogP contribution >= 0.6 is 0 Å². The number of hydrogen-bond donors (Lipinski definition) is 1. The van der Waals surface area contributed by atoms with Crippen LogP contribution < -0.4 is 0 Å². The predicted molar refractivity (Wildman–Crippen MR) is 94.1 cm³/mol. The molecule has 0 atom stereocenters. The molecule has 23 heavy (non-hydrogen) atoms. The van der Waals surface area contributed by atoms with E-state index in [0.717, 1.165) is 46.6 Å². The molecule has 0 amide bonds. The van der Waals surface area contributed by atoms with Crippen molar-refractivity contribution in [2.24, 2.45) is 0 Å². The van der Waals surface area contributed by atoms with Crippen LogP contribution in [0.2, 0.25) is 0 Å². The summed E-state index contributed by atoms with van der Waals surface area (Å²) in [5, 5.41) is 15.5. The van der Waals surface area contributed by atoms with Gasteiger partial charge in [0.15, 0.2) is 5.75 Å². The normalized spacial score (nSPS) is 10.9. The van der Waals surface area contributed by atoms with E-state index in [4.69, 9.17) is 5.10 Å². The number of aryl methyl sites for hydroxylation is 3. The Morgan fingerprint density at radius 1 is 0.957 bits per heavy atom. The number of aromatic nitrogens is 2. The van der Waals surface area contributed by atoms with E-state index in [1.165, 1.54) is 0 Å². The van der Waals surface area contributed by atoms with Crippen molar-refractivity contribution in [2.45, 2.75) is 33.6 Å². The molecule has 3 rings (SSSR count). The van der Waals surface area contributed by atoms with Crippen LogP contribution in [0.25, 0.3) is 16.9 Å². The fourth-order valence-electron chi connectivity index (χ4n) is 2.92. The average molecular weight is 306 g/mol. The Balaban J connectivity index is 2.29. The molecule has 0 fully saturated rings. The van der Waals surface area contributed by atoms with Crippen molar-refractivity contribution in [2.75, 3.05) is 0 Å². The molecule has 0 unspecified atom stereocenters. The van der Waals surface area contributed by atoms with E-state index < -0.39 is 0 Å². The van der Waals surface area contributed by atoms with Crippen LogP contribution in [0.3, 0.4) is 0 Å². The maximum absolute atomic E-state index is 10.8. The van der Waals surface area contributed by atoms with Crippen LogP contribution in [-0.4, -0.2) is 14.9 Å². The number of hydrogen-bond acceptors (Lipinski definition) is 2. The van der Waals surface area contributed by atoms with Gasteiger partial charge in [-0.3, -0.25) is 0 Å². The minimum absolute atomic E-state index is 0.296. The van der Waals surface area contributed by atoms with Gasteiger partial charge in [-0.1, -0.05) is 55.8 Å². The molecule has 0 spiro atoms. The Morgan fingerprint density at radius 3 is 2.26 bits per heavy atom. The summed E-state index contributed by atoms with van der Waals surface area (Å²) in [5.74, 6) is 0.296. The largest absolute Gasteiger partial charge is 0.504 e. The van der Waals surface area contributed by atoms with E-state index >= 15 is 0 Å². The fourth-order valence-corrected chi connectivity index (χ4v) is 2.92. The van der Waals surface area contributed by atoms with E-state index in [1.807, 2.05) is 41.1 Å². The highest BCUT2D eigenvalue weighted by Gasteiger charge is 2.21. The number of para-hydroxylation sites is 1. The second kappa shape index (κ2) is 6.29. The summed E-state index contributed by atoms with van der Waals surface area (Å²) < 4.78 is 1.89. The molecule has 1 aromatic heterocycles. The van der Waals surface area contributed by atoms with E-state index in [9.17, 15) is 5.11 Å². The first-order valence-corrected chi connectivity index (χ1v) is 8.06. The molecule has 0 aliphatic carbocycles. The lowest BCUT2D eigenvalue weighted by atomic mass is 10.0. The molecule has 0 radical (unpaired) electrons. The lowest BCUT2D eigenvalue weighted by Crippen LogP contribution is -2.02. The zero-order valence-corrected chi connectivity index (χ0v) is 13.9. The second-order valence-corrected chi connectivity index (χ2v) is 5.91. The van der Waals surface area contributed by atoms with Gasteiger partial charge >= 0.3 is 0 Å². The van der Waals surface area contributed by atoms with Gasteiger partial charge in [-0.2, -0.15) is 5.10 Å². The molecular formula is C20H22N2O. The van der Waals surface area contributed by atoms with Crippen LogP contribution in [0.5, 0.6) is 5.75 Å². The van der Waals surface area contributed by atoms with Crippen molar-refractivity contribution in [3.05, 3.63) is 65.4 Å². The van der Waals surface area contributed by atoms with Crippen LogP contribution in [0, 0.1) is 13.8 Å². The smallest absolute Gasteiger partial charge is 0.165 e. The topological polar surface area (TPSA) is 38.0 Å². The van der Waals surface area contributed by atoms with E-state index in [-0.39, 0.29) is 0 Å². The first-order chi connectivity index (χ1) is 11.1. The lowest BCUT2D eigenvalue weighted by molar-refractivity contribution is 0.469. The molecule has 0 saturated heterocycles. The van der Waals surface area contributed by atoms with Crippen LogP contribution in [0.15, 0.2) is 48.5 Å². The van der Waals surface area contributed by atoms with Crippen LogP contribution in [0.4, 0.5) is 0 Å². The Kier molecular flexibility index (Phi) is 4.20. The molecule has 0 aliphatic heterocycles. The third-order valence-corrected chi connectivity index (χ3v) is 4.16. The quantitative estimate of drug-likeness (QED) is 0.751. The minimum Gasteiger partial charge on any atom is -0.504 e. The molecule has 2 aromatic carbocycles. The van der Waals surface area contributed by atoms with Crippen molar-refractivity contribution in [1.82, 2.24) is 9.78 Å². The highest BCUT2D eigenvalue weighted by atomic mass is 16.3. The Bertz CT molecular complexity index is 833. The van der Waals surface area contributed by atoms with Crippen LogP contribution in [0.1, 0.15) is 30.2 Å². The molecule has 1 heterocycles. The summed E-state index contributed by atoms with van der Waals surface area (Å²) in [6, 6.07) is 16.2. The second-order valence-electron chi connectivity index (χ2n) is 5.91. The summed E-state index contributed by atoms with van der Waals surface area (Å²) in [6.45, 7) is 6.22. The van der Waals surface area contributed by atoms with Gasteiger partial charge in [-0.25, -0.2) is 4.68 Å². The average Bonchev–Trinajstić information content (AvgIpc) is 2.86. The lowest BCUT2D eigenvalue weighted by Gasteiger charge is -2.12. The maximum Gasteiger partial charge on any atom is 0.165 e. The summed E-state index contributed by atoms with van der Waals surface area (Å²) in [6.07, 6.45) is 1.72. The van der Waals surface area contributed by atoms with Gasteiger partial charge in [0.2, 0.25) is 0 Å². The predicted octanol–water partition coefficient (Wildman–Crippen LogP) is 4.81. The summed E-state index contributed by atoms with van der Waals surface area (Å²) in [7, 11) is 0. The third kappa shape index (κ3) is 2.74. The molecule has 0 saturated carbocycles. The van der Waals surface area contributed by atoms with Gasteiger partial charge in [-0.05, 0) is 37.5 Å². The van der Waals surface area contributed by atoms with Crippen LogP contribution in [-0.2, 0) is 6.42 Å². The molecule has 0 aliphatic rings. The monoisotopic (exact) mass is 306 g/mol. The molecule has 1 N–H and O–H groups in total. The summed E-state index contributed by atoms with van der Waals surface area (Å²) >= 11 is 0. The van der Waals surface area contributed by atoms with Crippen molar-refractivity contribution in [3.8, 4) is 22.7 Å². The zero-order valence-electron chi connectivity index (χ0n) is 13.9. The van der Waals surface area contributed by atoms with Gasteiger partial charge < -0.3 is 5.11 Å². The molecular weight excluding hydrogens is 284 g/mol. The van der Waals surface area contributed by atoms with Crippen molar-refractivity contribution in [1.29, 1.82) is 0 Å². The highest BCUT2D eigenvalue weighted by molar-refractivity contribution is 5.73. The third-order valence-electron chi connectivity index (χ3n) is 4.16. The first-order valence-electron chi connectivity index (χ1n) is 8.06. The number of benzene rings is 2. The number of nitrogens with zero attached hydrogens (tertiary/aromatic N) is 2. The van der Waals surface area contributed by atoms with Crippen molar-refractivity contribution in [3.63, 3.8) is 0 Å². The van der Waals surface area contributed by atoms with E-state index in [2.05, 4.69) is 32.9 Å². The molecule has 3 heteroatoms. The van der Waals surface area contributed by atoms with Gasteiger partial charge in [0.25, 0.3) is 0 Å². The standard InChI is InChI=1S/C20H22N2O/c1-4-9-17-20(23)19(16-12-7-5-10-14(16)2)22(21-17)18-13-8-6-11-15(18)3/h5-8,10-13,23H,4,9H2,1-3H3. The Labute approximate surface area is 137 Å². The molecule has 118 valence electrons. The fraction of sp³-hybridized carbons (Fsp3) is 0.250. The van der Waals surface area contributed by atoms with Gasteiger partial charge in [0.05, 0.1) is 5.69 Å². The van der Waals surface area contributed by atoms with Gasteiger partial charge in [-0.15, -0.1) is 0 Å². The number of aromatic hydroxyl groups is 1. The SMILES string of the molecule is CCCc1nn(-c2ccccc2C)c(-c2ccccc2C)c1O. The van der Waals surface area contributed by atoms with Crippen molar-refractivity contribution >= 4 is 0 Å². The van der Waals surface area contributed by atoms with Gasteiger partial charge in [0, 0.05) is 5.56 Å². The Morgan fingerprint density at radius 2 is 1.61 bits per heavy atom. The van der Waals surface area contributed by atoms with Gasteiger partial charge in [0.1, 0.15) is 11.4 Å². The molecule has 3 aromatic rings. The zero-order chi connectivity index (χ0) is 16.4. The summed E-state index contributed by atoms with van der Waals surface area (Å²) in [4.78, 5) is 0. The molecule has 0 bridgehead atoms. The highest BCUT2D eigenvalue weighted by Crippen LogP contribution is 2.37. The summed E-state index contributed by atoms with van der Waals surface area (Å²) in [5.41, 5.74) is 5.81. The van der Waals surface area contributed by atoms with Crippen molar-refractivity contribution < 1.29 is 5.11 Å². The van der Waals surface area contributed by atoms with E-state index in [0.29, 0.717) is 5.75 Å². The first kappa shape index (κ1) is 15.3. The number of rotatable bonds is 4. The van der Waals surface area contributed by atoms with E-state index in [1.54, 1.807) is 0 Å². The maximum atomic E-state index is 10.8. The molecule has 3 nitrogen and oxygen atoms in total.